The van der Waals surface area contributed by atoms with Gasteiger partial charge in [-0.25, -0.2) is 4.79 Å². The molecule has 0 bridgehead atoms. The first-order chi connectivity index (χ1) is 13.5. The van der Waals surface area contributed by atoms with E-state index in [0.29, 0.717) is 12.8 Å². The first-order valence-electron chi connectivity index (χ1n) is 9.82. The van der Waals surface area contributed by atoms with Crippen molar-refractivity contribution in [3.8, 4) is 0 Å². The Hall–Kier alpha value is -2.45. The van der Waals surface area contributed by atoms with E-state index >= 15 is 0 Å². The summed E-state index contributed by atoms with van der Waals surface area (Å²) in [5, 5.41) is 17.9. The number of ketones is 1. The lowest BCUT2D eigenvalue weighted by molar-refractivity contribution is -0.131. The minimum absolute atomic E-state index is 0.208. The number of rotatable bonds is 10. The van der Waals surface area contributed by atoms with Crippen molar-refractivity contribution in [2.45, 2.75) is 71.4 Å². The molecular formula is C21H33N3O5. The zero-order valence-electron chi connectivity index (χ0n) is 17.8. The normalized spacial score (nSPS) is 14.4. The van der Waals surface area contributed by atoms with Crippen molar-refractivity contribution >= 4 is 17.8 Å². The van der Waals surface area contributed by atoms with Gasteiger partial charge >= 0.3 is 6.09 Å². The molecule has 1 rings (SSSR count). The summed E-state index contributed by atoms with van der Waals surface area (Å²) < 4.78 is 5.16. The Morgan fingerprint density at radius 1 is 1.10 bits per heavy atom. The van der Waals surface area contributed by atoms with Crippen molar-refractivity contribution < 1.29 is 24.2 Å². The molecular weight excluding hydrogens is 374 g/mol. The maximum absolute atomic E-state index is 12.5. The number of carbonyl (C=O) groups excluding carboxylic acids is 3. The number of carbonyl (C=O) groups is 3. The number of amides is 2. The minimum atomic E-state index is -1.58. The van der Waals surface area contributed by atoms with Crippen LogP contribution in [0.5, 0.6) is 0 Å². The third kappa shape index (κ3) is 9.54. The summed E-state index contributed by atoms with van der Waals surface area (Å²) in [6.45, 7) is 8.61. The molecule has 8 nitrogen and oxygen atoms in total. The quantitative estimate of drug-likeness (QED) is 0.441. The molecule has 0 heterocycles. The van der Waals surface area contributed by atoms with Crippen molar-refractivity contribution in [1.29, 1.82) is 0 Å². The van der Waals surface area contributed by atoms with Gasteiger partial charge in [0.05, 0.1) is 18.6 Å². The number of ether oxygens (including phenoxy) is 1. The lowest BCUT2D eigenvalue weighted by Gasteiger charge is -2.24. The fourth-order valence-electron chi connectivity index (χ4n) is 2.62. The number of benzene rings is 1. The number of aliphatic hydroxyl groups is 1. The molecule has 1 aromatic carbocycles. The summed E-state index contributed by atoms with van der Waals surface area (Å²) in [5.74, 6) is -0.984. The molecule has 0 aliphatic carbocycles. The summed E-state index contributed by atoms with van der Waals surface area (Å²) in [6, 6.07) is 8.32. The highest BCUT2D eigenvalue weighted by atomic mass is 16.6. The molecule has 2 amide bonds. The number of nitrogens with one attached hydrogen (secondary N) is 3. The van der Waals surface area contributed by atoms with E-state index in [0.717, 1.165) is 5.56 Å². The molecule has 0 aromatic heterocycles. The third-order valence-electron chi connectivity index (χ3n) is 4.01. The molecule has 3 atom stereocenters. The van der Waals surface area contributed by atoms with Gasteiger partial charge in [0.2, 0.25) is 5.91 Å². The van der Waals surface area contributed by atoms with Crippen LogP contribution in [0.15, 0.2) is 30.3 Å². The van der Waals surface area contributed by atoms with Gasteiger partial charge in [-0.2, -0.15) is 0 Å². The van der Waals surface area contributed by atoms with Crippen LogP contribution >= 0.6 is 0 Å². The number of alkyl carbamates (subject to hydrolysis) is 1. The Bertz CT molecular complexity index is 673. The molecule has 1 aromatic rings. The van der Waals surface area contributed by atoms with Crippen LogP contribution in [0, 0.1) is 0 Å². The zero-order chi connectivity index (χ0) is 22.0. The summed E-state index contributed by atoms with van der Waals surface area (Å²) in [7, 11) is 0. The first-order valence-corrected chi connectivity index (χ1v) is 9.82. The van der Waals surface area contributed by atoms with Gasteiger partial charge in [0.15, 0.2) is 12.0 Å². The second kappa shape index (κ2) is 11.5. The Morgan fingerprint density at radius 2 is 1.72 bits per heavy atom. The van der Waals surface area contributed by atoms with Crippen LogP contribution in [0.1, 0.15) is 59.1 Å². The molecule has 0 aliphatic rings. The molecule has 0 radical (unpaired) electrons. The van der Waals surface area contributed by atoms with E-state index in [4.69, 9.17) is 4.74 Å². The van der Waals surface area contributed by atoms with E-state index in [1.807, 2.05) is 44.2 Å². The molecule has 1 unspecified atom stereocenters. The number of hydrogen-bond acceptors (Lipinski definition) is 6. The molecule has 162 valence electrons. The van der Waals surface area contributed by atoms with Gasteiger partial charge < -0.3 is 20.5 Å². The molecule has 8 heteroatoms. The van der Waals surface area contributed by atoms with Crippen molar-refractivity contribution in [3.63, 3.8) is 0 Å². The van der Waals surface area contributed by atoms with Crippen LogP contribution in [0.2, 0.25) is 0 Å². The Morgan fingerprint density at radius 3 is 2.28 bits per heavy atom. The third-order valence-corrected chi connectivity index (χ3v) is 4.01. The van der Waals surface area contributed by atoms with E-state index in [-0.39, 0.29) is 18.5 Å². The molecule has 0 saturated carbocycles. The Balaban J connectivity index is 2.54. The average molecular weight is 408 g/mol. The Kier molecular flexibility index (Phi) is 9.77. The van der Waals surface area contributed by atoms with Gasteiger partial charge in [0.1, 0.15) is 5.60 Å². The van der Waals surface area contributed by atoms with Gasteiger partial charge in [-0.3, -0.25) is 14.9 Å². The second-order valence-corrected chi connectivity index (χ2v) is 7.87. The summed E-state index contributed by atoms with van der Waals surface area (Å²) >= 11 is 0. The molecule has 0 saturated heterocycles. The van der Waals surface area contributed by atoms with Crippen molar-refractivity contribution in [1.82, 2.24) is 16.0 Å². The van der Waals surface area contributed by atoms with Crippen LogP contribution in [-0.2, 0) is 14.3 Å². The standard InChI is InChI=1S/C21H33N3O5/c1-6-10-16(24-20(28)29-21(3,4)5)18(26)19(27)22-13-17(25)23-14(2)15-11-8-7-9-12-15/h7-9,11-12,14,16,19,22,27H,6,10,13H2,1-5H3,(H,23,25)(H,24,28)/t14-,16?,19-/m0/s1. The van der Waals surface area contributed by atoms with Gasteiger partial charge in [-0.05, 0) is 39.7 Å². The van der Waals surface area contributed by atoms with E-state index in [1.165, 1.54) is 0 Å². The van der Waals surface area contributed by atoms with Crippen LogP contribution < -0.4 is 16.0 Å². The van der Waals surface area contributed by atoms with Crippen LogP contribution in [0.4, 0.5) is 4.79 Å². The van der Waals surface area contributed by atoms with E-state index < -0.39 is 29.7 Å². The molecule has 0 aliphatic heterocycles. The van der Waals surface area contributed by atoms with Gasteiger partial charge in [-0.15, -0.1) is 0 Å². The summed E-state index contributed by atoms with van der Waals surface area (Å²) in [4.78, 5) is 36.5. The zero-order valence-corrected chi connectivity index (χ0v) is 17.8. The highest BCUT2D eigenvalue weighted by Crippen LogP contribution is 2.11. The van der Waals surface area contributed by atoms with Gasteiger partial charge in [0.25, 0.3) is 0 Å². The molecule has 0 fully saturated rings. The fraction of sp³-hybridized carbons (Fsp3) is 0.571. The first kappa shape index (κ1) is 24.6. The van der Waals surface area contributed by atoms with Crippen LogP contribution in [0.3, 0.4) is 0 Å². The Labute approximate surface area is 172 Å². The van der Waals surface area contributed by atoms with Crippen LogP contribution in [-0.4, -0.2) is 47.3 Å². The van der Waals surface area contributed by atoms with Gasteiger partial charge in [-0.1, -0.05) is 43.7 Å². The number of hydrogen-bond donors (Lipinski definition) is 4. The minimum Gasteiger partial charge on any atom is -0.444 e. The predicted octanol–water partition coefficient (Wildman–Crippen LogP) is 2.03. The predicted molar refractivity (Wildman–Crippen MR) is 110 cm³/mol. The molecule has 0 spiro atoms. The molecule has 29 heavy (non-hydrogen) atoms. The topological polar surface area (TPSA) is 117 Å². The van der Waals surface area contributed by atoms with Gasteiger partial charge in [0, 0.05) is 0 Å². The molecule has 4 N–H and O–H groups in total. The maximum Gasteiger partial charge on any atom is 0.408 e. The number of aliphatic hydroxyl groups excluding tert-OH is 1. The summed E-state index contributed by atoms with van der Waals surface area (Å²) in [6.07, 6.45) is -1.35. The average Bonchev–Trinajstić information content (AvgIpc) is 2.64. The maximum atomic E-state index is 12.5. The van der Waals surface area contributed by atoms with E-state index in [1.54, 1.807) is 20.8 Å². The van der Waals surface area contributed by atoms with E-state index in [2.05, 4.69) is 16.0 Å². The smallest absolute Gasteiger partial charge is 0.408 e. The van der Waals surface area contributed by atoms with E-state index in [9.17, 15) is 19.5 Å². The number of Topliss-reactive ketones (excluding diaryl/α,β-unsaturated/α-hetero) is 1. The lowest BCUT2D eigenvalue weighted by atomic mass is 10.1. The SMILES string of the molecule is CCCC(NC(=O)OC(C)(C)C)C(=O)[C@H](O)NCC(=O)N[C@@H](C)c1ccccc1. The highest BCUT2D eigenvalue weighted by Gasteiger charge is 2.28. The largest absolute Gasteiger partial charge is 0.444 e. The highest BCUT2D eigenvalue weighted by molar-refractivity contribution is 5.91. The van der Waals surface area contributed by atoms with Crippen molar-refractivity contribution in [2.75, 3.05) is 6.54 Å². The summed E-state index contributed by atoms with van der Waals surface area (Å²) in [5.41, 5.74) is 0.246. The lowest BCUT2D eigenvalue weighted by Crippen LogP contribution is -2.52. The fourth-order valence-corrected chi connectivity index (χ4v) is 2.62. The second-order valence-electron chi connectivity index (χ2n) is 7.87. The van der Waals surface area contributed by atoms with Crippen molar-refractivity contribution in [3.05, 3.63) is 35.9 Å². The monoisotopic (exact) mass is 407 g/mol. The van der Waals surface area contributed by atoms with Crippen molar-refractivity contribution in [2.24, 2.45) is 0 Å². The van der Waals surface area contributed by atoms with Crippen LogP contribution in [0.25, 0.3) is 0 Å².